The molecule has 0 spiro atoms. The van der Waals surface area contributed by atoms with Gasteiger partial charge in [-0.2, -0.15) is 12.6 Å². The van der Waals surface area contributed by atoms with E-state index in [0.717, 1.165) is 13.0 Å². The van der Waals surface area contributed by atoms with Crippen molar-refractivity contribution in [1.29, 1.82) is 0 Å². The highest BCUT2D eigenvalue weighted by molar-refractivity contribution is 7.81. The van der Waals surface area contributed by atoms with Crippen molar-refractivity contribution in [2.45, 2.75) is 31.1 Å². The number of hydrogen-bond donors (Lipinski definition) is 1. The molecular formula is C6H12OS. The van der Waals surface area contributed by atoms with Gasteiger partial charge < -0.3 is 4.74 Å². The van der Waals surface area contributed by atoms with Crippen LogP contribution in [0.4, 0.5) is 0 Å². The lowest BCUT2D eigenvalue weighted by atomic mass is 10.1. The third-order valence-corrected chi connectivity index (χ3v) is 2.55. The molecule has 0 radical (unpaired) electrons. The quantitative estimate of drug-likeness (QED) is 0.491. The second kappa shape index (κ2) is 1.92. The largest absolute Gasteiger partial charge is 0.374 e. The molecule has 0 saturated carbocycles. The Morgan fingerprint density at radius 3 is 2.38 bits per heavy atom. The van der Waals surface area contributed by atoms with Crippen LogP contribution >= 0.6 is 12.6 Å². The average Bonchev–Trinajstić information content (AvgIpc) is 1.86. The zero-order chi connectivity index (χ0) is 6.20. The Morgan fingerprint density at radius 2 is 2.25 bits per heavy atom. The van der Waals surface area contributed by atoms with Gasteiger partial charge in [0, 0.05) is 11.9 Å². The lowest BCUT2D eigenvalue weighted by Crippen LogP contribution is -2.27. The van der Waals surface area contributed by atoms with Gasteiger partial charge in [-0.1, -0.05) is 0 Å². The monoisotopic (exact) mass is 132 g/mol. The van der Waals surface area contributed by atoms with Crippen molar-refractivity contribution in [2.75, 3.05) is 6.61 Å². The predicted molar refractivity (Wildman–Crippen MR) is 37.4 cm³/mol. The van der Waals surface area contributed by atoms with Gasteiger partial charge >= 0.3 is 0 Å². The fraction of sp³-hybridized carbons (Fsp3) is 1.00. The van der Waals surface area contributed by atoms with E-state index in [1.54, 1.807) is 0 Å². The minimum absolute atomic E-state index is 0.0170. The van der Waals surface area contributed by atoms with E-state index in [-0.39, 0.29) is 5.60 Å². The molecule has 2 heteroatoms. The summed E-state index contributed by atoms with van der Waals surface area (Å²) in [4.78, 5) is 0. The fourth-order valence-electron chi connectivity index (χ4n) is 0.877. The number of hydrogen-bond acceptors (Lipinski definition) is 2. The van der Waals surface area contributed by atoms with Crippen molar-refractivity contribution in [3.05, 3.63) is 0 Å². The normalized spacial score (nSPS) is 35.6. The van der Waals surface area contributed by atoms with Gasteiger partial charge in [-0.3, -0.25) is 0 Å². The van der Waals surface area contributed by atoms with Crippen LogP contribution in [-0.4, -0.2) is 17.5 Å². The Bertz CT molecular complexity index is 90.5. The van der Waals surface area contributed by atoms with E-state index in [1.165, 1.54) is 0 Å². The van der Waals surface area contributed by atoms with Crippen LogP contribution in [0.2, 0.25) is 0 Å². The molecule has 1 nitrogen and oxygen atoms in total. The summed E-state index contributed by atoms with van der Waals surface area (Å²) in [6, 6.07) is 0. The lowest BCUT2D eigenvalue weighted by Gasteiger charge is -2.20. The highest BCUT2D eigenvalue weighted by Crippen LogP contribution is 2.28. The maximum Gasteiger partial charge on any atom is 0.0742 e. The maximum atomic E-state index is 5.38. The molecule has 1 aliphatic rings. The number of ether oxygens (including phenoxy) is 1. The number of rotatable bonds is 0. The van der Waals surface area contributed by atoms with Gasteiger partial charge in [0.25, 0.3) is 0 Å². The highest BCUT2D eigenvalue weighted by Gasteiger charge is 2.32. The fourth-order valence-corrected chi connectivity index (χ4v) is 1.06. The summed E-state index contributed by atoms with van der Waals surface area (Å²) in [5.41, 5.74) is 0.0170. The van der Waals surface area contributed by atoms with E-state index in [0.29, 0.717) is 5.25 Å². The lowest BCUT2D eigenvalue weighted by molar-refractivity contribution is 0.0396. The van der Waals surface area contributed by atoms with Crippen molar-refractivity contribution in [3.8, 4) is 0 Å². The summed E-state index contributed by atoms with van der Waals surface area (Å²) in [5, 5.41) is 0.433. The van der Waals surface area contributed by atoms with Gasteiger partial charge in [0.15, 0.2) is 0 Å². The first kappa shape index (κ1) is 6.43. The molecule has 1 aliphatic heterocycles. The molecule has 0 bridgehead atoms. The van der Waals surface area contributed by atoms with Crippen LogP contribution in [0.1, 0.15) is 20.3 Å². The van der Waals surface area contributed by atoms with E-state index in [9.17, 15) is 0 Å². The standard InChI is InChI=1S/C6H12OS/c1-6(2)5(8)3-4-7-6/h5,8H,3-4H2,1-2H3. The van der Waals surface area contributed by atoms with Gasteiger partial charge in [0.1, 0.15) is 0 Å². The van der Waals surface area contributed by atoms with Crippen molar-refractivity contribution in [2.24, 2.45) is 0 Å². The predicted octanol–water partition coefficient (Wildman–Crippen LogP) is 1.48. The van der Waals surface area contributed by atoms with Crippen LogP contribution in [-0.2, 0) is 4.74 Å². The van der Waals surface area contributed by atoms with E-state index in [4.69, 9.17) is 4.74 Å². The number of thiol groups is 1. The van der Waals surface area contributed by atoms with Crippen LogP contribution in [0.15, 0.2) is 0 Å². The summed E-state index contributed by atoms with van der Waals surface area (Å²) < 4.78 is 5.38. The van der Waals surface area contributed by atoms with Crippen molar-refractivity contribution in [1.82, 2.24) is 0 Å². The molecule has 1 fully saturated rings. The molecule has 1 rings (SSSR count). The molecule has 0 aromatic carbocycles. The minimum Gasteiger partial charge on any atom is -0.374 e. The van der Waals surface area contributed by atoms with Crippen LogP contribution < -0.4 is 0 Å². The van der Waals surface area contributed by atoms with Gasteiger partial charge in [0.05, 0.1) is 5.60 Å². The molecule has 8 heavy (non-hydrogen) atoms. The summed E-state index contributed by atoms with van der Waals surface area (Å²) in [6.07, 6.45) is 1.09. The third-order valence-electron chi connectivity index (χ3n) is 1.67. The summed E-state index contributed by atoms with van der Waals surface area (Å²) in [7, 11) is 0. The molecule has 1 saturated heterocycles. The Hall–Kier alpha value is 0.310. The SMILES string of the molecule is CC1(C)OCCC1S. The maximum absolute atomic E-state index is 5.38. The molecule has 0 aromatic heterocycles. The Balaban J connectivity index is 2.54. The molecule has 1 unspecified atom stereocenters. The summed E-state index contributed by atoms with van der Waals surface area (Å²) >= 11 is 4.35. The van der Waals surface area contributed by atoms with Crippen molar-refractivity contribution in [3.63, 3.8) is 0 Å². The highest BCUT2D eigenvalue weighted by atomic mass is 32.1. The molecular weight excluding hydrogens is 120 g/mol. The zero-order valence-electron chi connectivity index (χ0n) is 5.35. The first-order chi connectivity index (χ1) is 3.63. The van der Waals surface area contributed by atoms with Gasteiger partial charge in [-0.25, -0.2) is 0 Å². The minimum atomic E-state index is 0.0170. The Labute approximate surface area is 55.8 Å². The van der Waals surface area contributed by atoms with E-state index in [1.807, 2.05) is 0 Å². The first-order valence-corrected chi connectivity index (χ1v) is 3.46. The molecule has 0 amide bonds. The van der Waals surface area contributed by atoms with Gasteiger partial charge in [-0.05, 0) is 20.3 Å². The second-order valence-electron chi connectivity index (χ2n) is 2.76. The van der Waals surface area contributed by atoms with E-state index < -0.39 is 0 Å². The van der Waals surface area contributed by atoms with Crippen molar-refractivity contribution >= 4 is 12.6 Å². The smallest absolute Gasteiger partial charge is 0.0742 e. The Kier molecular flexibility index (Phi) is 1.54. The molecule has 1 atom stereocenters. The second-order valence-corrected chi connectivity index (χ2v) is 3.38. The third kappa shape index (κ3) is 1.00. The molecule has 0 aromatic rings. The molecule has 48 valence electrons. The summed E-state index contributed by atoms with van der Waals surface area (Å²) in [5.74, 6) is 0. The molecule has 1 heterocycles. The Morgan fingerprint density at radius 1 is 1.62 bits per heavy atom. The first-order valence-electron chi connectivity index (χ1n) is 2.95. The molecule has 0 aliphatic carbocycles. The van der Waals surface area contributed by atoms with Crippen molar-refractivity contribution < 1.29 is 4.74 Å². The van der Waals surface area contributed by atoms with E-state index in [2.05, 4.69) is 26.5 Å². The van der Waals surface area contributed by atoms with E-state index >= 15 is 0 Å². The van der Waals surface area contributed by atoms with Crippen LogP contribution in [0.5, 0.6) is 0 Å². The van der Waals surface area contributed by atoms with Crippen LogP contribution in [0.3, 0.4) is 0 Å². The zero-order valence-corrected chi connectivity index (χ0v) is 6.24. The van der Waals surface area contributed by atoms with Crippen LogP contribution in [0, 0.1) is 0 Å². The van der Waals surface area contributed by atoms with Crippen LogP contribution in [0.25, 0.3) is 0 Å². The van der Waals surface area contributed by atoms with Gasteiger partial charge in [-0.15, -0.1) is 0 Å². The summed E-state index contributed by atoms with van der Waals surface area (Å²) in [6.45, 7) is 5.04. The van der Waals surface area contributed by atoms with Gasteiger partial charge in [0.2, 0.25) is 0 Å². The average molecular weight is 132 g/mol. The topological polar surface area (TPSA) is 9.23 Å². The molecule has 0 N–H and O–H groups in total.